The summed E-state index contributed by atoms with van der Waals surface area (Å²) >= 11 is 0. The Kier molecular flexibility index (Phi) is 11.0. The number of rotatable bonds is 6. The van der Waals surface area contributed by atoms with Crippen LogP contribution in [0, 0.1) is 63.7 Å². The Labute approximate surface area is 195 Å². The van der Waals surface area contributed by atoms with Gasteiger partial charge in [-0.25, -0.2) is 4.79 Å². The molecule has 0 atom stereocenters. The molecule has 2 aliphatic rings. The predicted octanol–water partition coefficient (Wildman–Crippen LogP) is 3.29. The van der Waals surface area contributed by atoms with Gasteiger partial charge in [0.25, 0.3) is 11.5 Å². The molecule has 2 aromatic rings. The molecule has 0 unspecified atom stereocenters. The van der Waals surface area contributed by atoms with Crippen LogP contribution >= 0.6 is 0 Å². The molecule has 2 fully saturated rings. The molecule has 158 valence electrons. The Bertz CT molecular complexity index is 903. The molecule has 1 aromatic heterocycles. The van der Waals surface area contributed by atoms with Crippen LogP contribution in [-0.2, 0) is 23.6 Å². The maximum absolute atomic E-state index is 12.5. The number of aryl methyl sites for hydroxylation is 1. The molecule has 6 heteroatoms. The zero-order valence-corrected chi connectivity index (χ0v) is 18.1. The van der Waals surface area contributed by atoms with Gasteiger partial charge in [0.1, 0.15) is 0 Å². The minimum absolute atomic E-state index is 0. The first kappa shape index (κ1) is 25.4. The zero-order valence-electron chi connectivity index (χ0n) is 17.0. The number of nitrogens with zero attached hydrogens (tertiary/aromatic N) is 2. The first-order valence-corrected chi connectivity index (χ1v) is 9.96. The number of benzene rings is 1. The van der Waals surface area contributed by atoms with Crippen molar-refractivity contribution >= 4 is 5.91 Å². The van der Waals surface area contributed by atoms with E-state index in [1.165, 1.54) is 22.7 Å². The van der Waals surface area contributed by atoms with Gasteiger partial charge in [0, 0.05) is 24.4 Å². The van der Waals surface area contributed by atoms with E-state index in [4.69, 9.17) is 0 Å². The van der Waals surface area contributed by atoms with Gasteiger partial charge in [0.2, 0.25) is 0 Å². The summed E-state index contributed by atoms with van der Waals surface area (Å²) in [6, 6.07) is 9.61. The van der Waals surface area contributed by atoms with Gasteiger partial charge in [-0.05, 0) is 88.7 Å². The van der Waals surface area contributed by atoms with Crippen molar-refractivity contribution in [2.24, 2.45) is 0 Å². The molecule has 5 nitrogen and oxygen atoms in total. The Morgan fingerprint density at radius 3 is 2.00 bits per heavy atom. The molecule has 1 aromatic carbocycles. The summed E-state index contributed by atoms with van der Waals surface area (Å²) in [6.45, 7) is 0.474. The van der Waals surface area contributed by atoms with Crippen molar-refractivity contribution in [3.05, 3.63) is 133 Å². The van der Waals surface area contributed by atoms with Crippen LogP contribution in [0.4, 0.5) is 0 Å². The smallest absolute Gasteiger partial charge is 0.300 e. The van der Waals surface area contributed by atoms with E-state index in [0.717, 1.165) is 19.3 Å². The number of carbonyl (C=O) groups is 1. The molecule has 0 aliphatic heterocycles. The van der Waals surface area contributed by atoms with Gasteiger partial charge in [0.05, 0.1) is 0 Å². The third kappa shape index (κ3) is 7.62. The van der Waals surface area contributed by atoms with E-state index in [-0.39, 0.29) is 17.1 Å². The van der Waals surface area contributed by atoms with Crippen molar-refractivity contribution in [3.8, 4) is 0 Å². The first-order valence-electron chi connectivity index (χ1n) is 9.96. The largest absolute Gasteiger partial charge is 2.00 e. The quantitative estimate of drug-likeness (QED) is 0.495. The Morgan fingerprint density at radius 2 is 1.39 bits per heavy atom. The molecule has 0 N–H and O–H groups in total. The molecule has 2 saturated carbocycles. The van der Waals surface area contributed by atoms with Crippen molar-refractivity contribution < 1.29 is 21.9 Å². The van der Waals surface area contributed by atoms with E-state index in [1.807, 2.05) is 44.9 Å². The normalized spacial score (nSPS) is 15.7. The van der Waals surface area contributed by atoms with Crippen LogP contribution in [0.15, 0.2) is 52.2 Å². The molecule has 0 amide bonds. The standard InChI is InChI=1S/C20H19N2O3.C5H5.Fe/c23-18-13-15-21(14-7-6-10-16-8-4-5-9-16)20(25)22(18)19(24)17-11-2-1-3-12-17;1-2-4-5-3-1;/h1-5,8-9,11-13,15H,6-7,10,14H2;1-5H;/q;;+2. The predicted molar refractivity (Wildman–Crippen MR) is 117 cm³/mol. The molecule has 0 spiro atoms. The molecule has 0 bridgehead atoms. The number of unbranched alkanes of at least 4 members (excludes halogenated alkanes) is 1. The molecule has 10 radical (unpaired) electrons. The molecule has 2 aliphatic carbocycles. The first-order chi connectivity index (χ1) is 14.7. The van der Waals surface area contributed by atoms with E-state index in [0.29, 0.717) is 16.7 Å². The van der Waals surface area contributed by atoms with Gasteiger partial charge in [-0.15, -0.1) is 0 Å². The van der Waals surface area contributed by atoms with E-state index in [1.54, 1.807) is 30.3 Å². The van der Waals surface area contributed by atoms with Crippen molar-refractivity contribution in [2.45, 2.75) is 25.8 Å². The monoisotopic (exact) mass is 456 g/mol. The van der Waals surface area contributed by atoms with Crippen LogP contribution < -0.4 is 11.2 Å². The zero-order chi connectivity index (χ0) is 21.2. The van der Waals surface area contributed by atoms with Crippen molar-refractivity contribution in [1.82, 2.24) is 9.13 Å². The molecular weight excluding hydrogens is 432 g/mol. The third-order valence-electron chi connectivity index (χ3n) is 4.68. The third-order valence-corrected chi connectivity index (χ3v) is 4.68. The number of hydrogen-bond donors (Lipinski definition) is 0. The van der Waals surface area contributed by atoms with E-state index >= 15 is 0 Å². The van der Waals surface area contributed by atoms with Gasteiger partial charge in [-0.2, -0.15) is 4.57 Å². The topological polar surface area (TPSA) is 61.1 Å². The average molecular weight is 456 g/mol. The van der Waals surface area contributed by atoms with E-state index in [2.05, 4.69) is 12.8 Å². The number of carbonyl (C=O) groups excluding carboxylic acids is 1. The van der Waals surface area contributed by atoms with Crippen LogP contribution in [0.25, 0.3) is 0 Å². The average Bonchev–Trinajstić information content (AvgIpc) is 3.50. The summed E-state index contributed by atoms with van der Waals surface area (Å²) in [7, 11) is 0. The van der Waals surface area contributed by atoms with Crippen molar-refractivity contribution in [1.29, 1.82) is 0 Å². The Hall–Kier alpha value is -1.91. The molecule has 0 saturated heterocycles. The molecular formula is C25H24FeN2O3+2. The van der Waals surface area contributed by atoms with Crippen LogP contribution in [-0.4, -0.2) is 15.0 Å². The van der Waals surface area contributed by atoms with Gasteiger partial charge in [-0.1, -0.05) is 24.6 Å². The minimum atomic E-state index is -0.605. The fourth-order valence-electron chi connectivity index (χ4n) is 3.09. The van der Waals surface area contributed by atoms with Gasteiger partial charge in [-0.3, -0.25) is 9.59 Å². The molecule has 31 heavy (non-hydrogen) atoms. The summed E-state index contributed by atoms with van der Waals surface area (Å²) < 4.78 is 2.12. The second-order valence-corrected chi connectivity index (χ2v) is 6.85. The molecule has 4 rings (SSSR count). The van der Waals surface area contributed by atoms with Crippen LogP contribution in [0.5, 0.6) is 0 Å². The van der Waals surface area contributed by atoms with Gasteiger partial charge < -0.3 is 4.57 Å². The minimum Gasteiger partial charge on any atom is -0.300 e. The van der Waals surface area contributed by atoms with Gasteiger partial charge in [0.15, 0.2) is 0 Å². The van der Waals surface area contributed by atoms with Crippen LogP contribution in [0.3, 0.4) is 0 Å². The Morgan fingerprint density at radius 1 is 0.774 bits per heavy atom. The fraction of sp³-hybridized carbons (Fsp3) is 0.160. The van der Waals surface area contributed by atoms with Crippen LogP contribution in [0.1, 0.15) is 29.6 Å². The second kappa shape index (κ2) is 13.5. The summed E-state index contributed by atoms with van der Waals surface area (Å²) in [4.78, 5) is 37.0. The van der Waals surface area contributed by atoms with E-state index < -0.39 is 17.2 Å². The maximum atomic E-state index is 12.5. The summed E-state index contributed by atoms with van der Waals surface area (Å²) in [5.74, 6) is 0.679. The second-order valence-electron chi connectivity index (χ2n) is 6.85. The van der Waals surface area contributed by atoms with Gasteiger partial charge >= 0.3 is 22.8 Å². The fourth-order valence-corrected chi connectivity index (χ4v) is 3.09. The van der Waals surface area contributed by atoms with Crippen LogP contribution in [0.2, 0.25) is 0 Å². The number of aromatic nitrogens is 2. The van der Waals surface area contributed by atoms with E-state index in [9.17, 15) is 14.4 Å². The SMILES string of the molecule is O=C(c1ccccc1)n1c(=O)ccn(CCCC[C]2[CH][CH][CH][CH]2)c1=O.[CH]1[CH][CH][CH][CH]1.[Fe+2]. The summed E-state index contributed by atoms with van der Waals surface area (Å²) in [5, 5.41) is 0. The van der Waals surface area contributed by atoms with Crippen molar-refractivity contribution in [2.75, 3.05) is 0 Å². The summed E-state index contributed by atoms with van der Waals surface area (Å²) in [6.07, 6.45) is 22.3. The van der Waals surface area contributed by atoms with Crippen molar-refractivity contribution in [3.63, 3.8) is 0 Å². The maximum Gasteiger partial charge on any atom is 2.00 e. The molecule has 1 heterocycles. The Balaban J connectivity index is 0.000000501. The number of hydrogen-bond acceptors (Lipinski definition) is 3. The summed E-state index contributed by atoms with van der Waals surface area (Å²) in [5.41, 5.74) is -0.878.